The number of piperidine rings is 1. The maximum absolute atomic E-state index is 13.4. The number of hydrogen-bond acceptors (Lipinski definition) is 3. The Balaban J connectivity index is 1.56. The highest BCUT2D eigenvalue weighted by Gasteiger charge is 2.31. The monoisotopic (exact) mass is 391 g/mol. The highest BCUT2D eigenvalue weighted by molar-refractivity contribution is 7.89. The second-order valence-corrected chi connectivity index (χ2v) is 8.69. The molecule has 1 aromatic heterocycles. The molecule has 0 spiro atoms. The average molecular weight is 391 g/mol. The normalized spacial score (nSPS) is 16.9. The number of fused-ring (bicyclic) bond motifs is 1. The molecule has 2 heterocycles. The molecule has 0 N–H and O–H groups in total. The summed E-state index contributed by atoms with van der Waals surface area (Å²) in [5.74, 6) is -0.00522. The number of aromatic nitrogens is 2. The number of nitrogens with zero attached hydrogens (tertiary/aromatic N) is 3. The fourth-order valence-corrected chi connectivity index (χ4v) is 5.22. The van der Waals surface area contributed by atoms with E-state index >= 15 is 0 Å². The van der Waals surface area contributed by atoms with E-state index in [1.807, 2.05) is 6.92 Å². The second-order valence-electron chi connectivity index (χ2n) is 6.75. The Morgan fingerprint density at radius 3 is 2.30 bits per heavy atom. The fraction of sp³-hybridized carbons (Fsp3) is 0.316. The first-order chi connectivity index (χ1) is 12.9. The molecule has 5 nitrogen and oxygen atoms in total. The minimum Gasteiger partial charge on any atom is -0.325 e. The number of halogens is 2. The van der Waals surface area contributed by atoms with E-state index in [-0.39, 0.29) is 16.8 Å². The fourth-order valence-electron chi connectivity index (χ4n) is 3.75. The van der Waals surface area contributed by atoms with Gasteiger partial charge in [-0.05, 0) is 56.2 Å². The predicted molar refractivity (Wildman–Crippen MR) is 97.9 cm³/mol. The Hall–Kier alpha value is -2.32. The lowest BCUT2D eigenvalue weighted by Crippen LogP contribution is -2.39. The first-order valence-electron chi connectivity index (χ1n) is 8.76. The van der Waals surface area contributed by atoms with Gasteiger partial charge in [-0.2, -0.15) is 4.31 Å². The van der Waals surface area contributed by atoms with E-state index in [0.717, 1.165) is 23.5 Å². The molecule has 0 aliphatic carbocycles. The summed E-state index contributed by atoms with van der Waals surface area (Å²) in [4.78, 5) is 4.53. The smallest absolute Gasteiger partial charge is 0.243 e. The van der Waals surface area contributed by atoms with Crippen molar-refractivity contribution in [2.45, 2.75) is 30.7 Å². The third kappa shape index (κ3) is 3.23. The maximum Gasteiger partial charge on any atom is 0.243 e. The van der Waals surface area contributed by atoms with Gasteiger partial charge in [0.1, 0.15) is 17.5 Å². The van der Waals surface area contributed by atoms with E-state index in [2.05, 4.69) is 9.55 Å². The minimum absolute atomic E-state index is 0.0973. The molecule has 1 saturated heterocycles. The number of rotatable bonds is 3. The van der Waals surface area contributed by atoms with Crippen LogP contribution in [0.5, 0.6) is 0 Å². The van der Waals surface area contributed by atoms with Crippen LogP contribution >= 0.6 is 0 Å². The van der Waals surface area contributed by atoms with Crippen LogP contribution in [0.1, 0.15) is 24.7 Å². The Kier molecular flexibility index (Phi) is 4.47. The quantitative estimate of drug-likeness (QED) is 0.685. The number of sulfonamides is 1. The Morgan fingerprint density at radius 2 is 1.63 bits per heavy atom. The third-order valence-corrected chi connectivity index (χ3v) is 6.98. The van der Waals surface area contributed by atoms with Gasteiger partial charge < -0.3 is 4.57 Å². The first-order valence-corrected chi connectivity index (χ1v) is 10.2. The van der Waals surface area contributed by atoms with Crippen LogP contribution in [0.15, 0.2) is 47.4 Å². The Morgan fingerprint density at radius 1 is 1.00 bits per heavy atom. The van der Waals surface area contributed by atoms with E-state index in [9.17, 15) is 17.2 Å². The van der Waals surface area contributed by atoms with Crippen LogP contribution in [0.4, 0.5) is 8.78 Å². The molecule has 3 aromatic rings. The van der Waals surface area contributed by atoms with Gasteiger partial charge in [-0.1, -0.05) is 0 Å². The van der Waals surface area contributed by atoms with E-state index in [4.69, 9.17) is 0 Å². The molecule has 1 aliphatic heterocycles. The lowest BCUT2D eigenvalue weighted by molar-refractivity contribution is 0.275. The number of aryl methyl sites for hydroxylation is 1. The predicted octanol–water partition coefficient (Wildman–Crippen LogP) is 3.65. The molecule has 0 amide bonds. The van der Waals surface area contributed by atoms with Crippen LogP contribution < -0.4 is 0 Å². The topological polar surface area (TPSA) is 55.2 Å². The van der Waals surface area contributed by atoms with Crippen LogP contribution in [0.2, 0.25) is 0 Å². The van der Waals surface area contributed by atoms with Crippen molar-refractivity contribution in [3.63, 3.8) is 0 Å². The van der Waals surface area contributed by atoms with Crippen molar-refractivity contribution in [3.05, 3.63) is 59.9 Å². The van der Waals surface area contributed by atoms with Crippen LogP contribution in [-0.4, -0.2) is 35.4 Å². The van der Waals surface area contributed by atoms with Crippen molar-refractivity contribution >= 4 is 21.1 Å². The van der Waals surface area contributed by atoms with Crippen molar-refractivity contribution in [2.24, 2.45) is 0 Å². The van der Waals surface area contributed by atoms with Gasteiger partial charge in [0.2, 0.25) is 10.0 Å². The summed E-state index contributed by atoms with van der Waals surface area (Å²) < 4.78 is 55.5. The summed E-state index contributed by atoms with van der Waals surface area (Å²) in [5.41, 5.74) is 1.46. The standard InChI is InChI=1S/C19H19F2N3O2S/c1-13-22-18-12-15(21)4-7-19(18)24(13)16-8-10-23(11-9-16)27(25,26)17-5-2-14(20)3-6-17/h2-7,12,16H,8-11H2,1H3. The first kappa shape index (κ1) is 18.1. The van der Waals surface area contributed by atoms with Crippen LogP contribution in [-0.2, 0) is 10.0 Å². The van der Waals surface area contributed by atoms with Gasteiger partial charge >= 0.3 is 0 Å². The second kappa shape index (κ2) is 6.69. The van der Waals surface area contributed by atoms with Gasteiger partial charge in [0.05, 0.1) is 15.9 Å². The highest BCUT2D eigenvalue weighted by Crippen LogP contribution is 2.31. The molecule has 0 bridgehead atoms. The summed E-state index contributed by atoms with van der Waals surface area (Å²) >= 11 is 0. The number of imidazole rings is 1. The molecular formula is C19H19F2N3O2S. The summed E-state index contributed by atoms with van der Waals surface area (Å²) in [5, 5.41) is 0. The minimum atomic E-state index is -3.64. The SMILES string of the molecule is Cc1nc2cc(F)ccc2n1C1CCN(S(=O)(=O)c2ccc(F)cc2)CC1. The van der Waals surface area contributed by atoms with Crippen molar-refractivity contribution in [1.29, 1.82) is 0 Å². The lowest BCUT2D eigenvalue weighted by atomic mass is 10.1. The van der Waals surface area contributed by atoms with Crippen molar-refractivity contribution in [3.8, 4) is 0 Å². The molecule has 8 heteroatoms. The zero-order chi connectivity index (χ0) is 19.2. The van der Waals surface area contributed by atoms with E-state index < -0.39 is 15.8 Å². The lowest BCUT2D eigenvalue weighted by Gasteiger charge is -2.32. The van der Waals surface area contributed by atoms with E-state index in [1.54, 1.807) is 6.07 Å². The molecule has 27 heavy (non-hydrogen) atoms. The summed E-state index contributed by atoms with van der Waals surface area (Å²) in [7, 11) is -3.64. The van der Waals surface area contributed by atoms with E-state index in [1.165, 1.54) is 28.6 Å². The zero-order valence-corrected chi connectivity index (χ0v) is 15.6. The molecule has 142 valence electrons. The van der Waals surface area contributed by atoms with Crippen LogP contribution in [0, 0.1) is 18.6 Å². The van der Waals surface area contributed by atoms with Crippen LogP contribution in [0.3, 0.4) is 0 Å². The summed E-state index contributed by atoms with van der Waals surface area (Å²) in [6.07, 6.45) is 1.26. The molecule has 1 aliphatic rings. The number of benzene rings is 2. The molecule has 4 rings (SSSR count). The van der Waals surface area contributed by atoms with Gasteiger partial charge in [0.25, 0.3) is 0 Å². The molecule has 0 saturated carbocycles. The largest absolute Gasteiger partial charge is 0.325 e. The Labute approximate surface area is 156 Å². The van der Waals surface area contributed by atoms with Crippen molar-refractivity contribution < 1.29 is 17.2 Å². The van der Waals surface area contributed by atoms with Gasteiger partial charge in [-0.25, -0.2) is 22.2 Å². The van der Waals surface area contributed by atoms with Gasteiger partial charge in [-0.15, -0.1) is 0 Å². The average Bonchev–Trinajstić information content (AvgIpc) is 2.97. The van der Waals surface area contributed by atoms with Crippen molar-refractivity contribution in [2.75, 3.05) is 13.1 Å². The summed E-state index contributed by atoms with van der Waals surface area (Å²) in [6, 6.07) is 9.52. The van der Waals surface area contributed by atoms with Crippen LogP contribution in [0.25, 0.3) is 11.0 Å². The molecule has 2 aromatic carbocycles. The number of hydrogen-bond donors (Lipinski definition) is 0. The molecular weight excluding hydrogens is 372 g/mol. The Bertz CT molecular complexity index is 1090. The molecule has 0 atom stereocenters. The van der Waals surface area contributed by atoms with Gasteiger partial charge in [0, 0.05) is 25.2 Å². The summed E-state index contributed by atoms with van der Waals surface area (Å²) in [6.45, 7) is 2.61. The maximum atomic E-state index is 13.4. The zero-order valence-electron chi connectivity index (χ0n) is 14.8. The van der Waals surface area contributed by atoms with Crippen molar-refractivity contribution in [1.82, 2.24) is 13.9 Å². The van der Waals surface area contributed by atoms with Gasteiger partial charge in [0.15, 0.2) is 0 Å². The molecule has 0 radical (unpaired) electrons. The highest BCUT2D eigenvalue weighted by atomic mass is 32.2. The van der Waals surface area contributed by atoms with Gasteiger partial charge in [-0.3, -0.25) is 0 Å². The molecule has 1 fully saturated rings. The third-order valence-electron chi connectivity index (χ3n) is 5.07. The molecule has 0 unspecified atom stereocenters. The van der Waals surface area contributed by atoms with E-state index in [0.29, 0.717) is 31.4 Å².